The maximum atomic E-state index is 13.4. The van der Waals surface area contributed by atoms with Gasteiger partial charge >= 0.3 is 6.18 Å². The molecule has 0 saturated carbocycles. The molecule has 0 radical (unpaired) electrons. The maximum Gasteiger partial charge on any atom is 0.401 e. The van der Waals surface area contributed by atoms with Crippen LogP contribution in [0.1, 0.15) is 30.3 Å². The molecule has 0 amide bonds. The Morgan fingerprint density at radius 1 is 1.10 bits per heavy atom. The van der Waals surface area contributed by atoms with Gasteiger partial charge in [-0.1, -0.05) is 12.1 Å². The van der Waals surface area contributed by atoms with Gasteiger partial charge in [0.25, 0.3) is 0 Å². The number of benzene rings is 1. The van der Waals surface area contributed by atoms with Crippen LogP contribution in [-0.2, 0) is 0 Å². The van der Waals surface area contributed by atoms with Crippen LogP contribution >= 0.6 is 0 Å². The first-order chi connectivity index (χ1) is 14.3. The second kappa shape index (κ2) is 8.18. The van der Waals surface area contributed by atoms with E-state index in [1.54, 1.807) is 18.3 Å². The molecular formula is C22H22F4N4. The summed E-state index contributed by atoms with van der Waals surface area (Å²) in [7, 11) is 0. The van der Waals surface area contributed by atoms with E-state index < -0.39 is 12.7 Å². The number of alkyl halides is 3. The summed E-state index contributed by atoms with van der Waals surface area (Å²) in [5, 5.41) is 0. The number of aryl methyl sites for hydroxylation is 1. The second-order valence-electron chi connectivity index (χ2n) is 7.70. The van der Waals surface area contributed by atoms with E-state index in [4.69, 9.17) is 4.98 Å². The molecule has 0 unspecified atom stereocenters. The van der Waals surface area contributed by atoms with Gasteiger partial charge in [0.2, 0.25) is 0 Å². The smallest absolute Gasteiger partial charge is 0.345 e. The van der Waals surface area contributed by atoms with Crippen LogP contribution in [0.3, 0.4) is 0 Å². The fourth-order valence-electron chi connectivity index (χ4n) is 3.93. The molecule has 3 heterocycles. The number of halogens is 4. The van der Waals surface area contributed by atoms with Gasteiger partial charge in [0.1, 0.15) is 11.6 Å². The first-order valence-corrected chi connectivity index (χ1v) is 9.86. The normalized spacial score (nSPS) is 16.2. The first kappa shape index (κ1) is 20.5. The number of H-pyrrole nitrogens is 1. The topological polar surface area (TPSA) is 44.8 Å². The van der Waals surface area contributed by atoms with Gasteiger partial charge in [-0.3, -0.25) is 9.88 Å². The first-order valence-electron chi connectivity index (χ1n) is 9.86. The standard InChI is InChI=1S/C22H22F4N4/c1-14-20(17-5-6-19(27-12-17)16-3-2-4-18(23)11-16)29-21(28-14)15-7-9-30(10-8-15)13-22(24,25)26/h2-6,11-12,15H,7-10,13H2,1H3,(H,28,29). The Hall–Kier alpha value is -2.74. The molecule has 1 fully saturated rings. The van der Waals surface area contributed by atoms with Crippen LogP contribution in [0.25, 0.3) is 22.5 Å². The van der Waals surface area contributed by atoms with Crippen LogP contribution in [0.15, 0.2) is 42.6 Å². The van der Waals surface area contributed by atoms with Gasteiger partial charge in [-0.05, 0) is 57.1 Å². The molecule has 2 aromatic heterocycles. The molecule has 3 aromatic rings. The molecule has 0 bridgehead atoms. The minimum absolute atomic E-state index is 0.112. The lowest BCUT2D eigenvalue weighted by Gasteiger charge is -2.31. The molecule has 0 aliphatic carbocycles. The number of rotatable bonds is 4. The van der Waals surface area contributed by atoms with E-state index in [0.717, 1.165) is 22.8 Å². The summed E-state index contributed by atoms with van der Waals surface area (Å²) >= 11 is 0. The van der Waals surface area contributed by atoms with Crippen molar-refractivity contribution in [2.24, 2.45) is 0 Å². The van der Waals surface area contributed by atoms with Gasteiger partial charge in [0, 0.05) is 28.9 Å². The zero-order chi connectivity index (χ0) is 21.3. The SMILES string of the molecule is Cc1[nH]c(C2CCN(CC(F)(F)F)CC2)nc1-c1ccc(-c2cccc(F)c2)nc1. The van der Waals surface area contributed by atoms with Crippen molar-refractivity contribution in [1.82, 2.24) is 19.9 Å². The van der Waals surface area contributed by atoms with Gasteiger partial charge in [-0.25, -0.2) is 9.37 Å². The van der Waals surface area contributed by atoms with Crippen LogP contribution in [0, 0.1) is 12.7 Å². The number of nitrogens with zero attached hydrogens (tertiary/aromatic N) is 3. The Kier molecular flexibility index (Phi) is 5.60. The minimum Gasteiger partial charge on any atom is -0.345 e. The van der Waals surface area contributed by atoms with Crippen molar-refractivity contribution in [3.8, 4) is 22.5 Å². The van der Waals surface area contributed by atoms with Crippen molar-refractivity contribution in [1.29, 1.82) is 0 Å². The number of hydrogen-bond acceptors (Lipinski definition) is 3. The van der Waals surface area contributed by atoms with Gasteiger partial charge in [-0.2, -0.15) is 13.2 Å². The molecule has 158 valence electrons. The molecule has 1 saturated heterocycles. The highest BCUT2D eigenvalue weighted by Gasteiger charge is 2.33. The molecule has 1 N–H and O–H groups in total. The van der Waals surface area contributed by atoms with Crippen molar-refractivity contribution < 1.29 is 17.6 Å². The lowest BCUT2D eigenvalue weighted by Crippen LogP contribution is -2.39. The Morgan fingerprint density at radius 3 is 2.50 bits per heavy atom. The zero-order valence-corrected chi connectivity index (χ0v) is 16.5. The van der Waals surface area contributed by atoms with Crippen molar-refractivity contribution in [3.05, 3.63) is 59.9 Å². The third kappa shape index (κ3) is 4.70. The summed E-state index contributed by atoms with van der Waals surface area (Å²) in [5.74, 6) is 0.609. The van der Waals surface area contributed by atoms with E-state index in [-0.39, 0.29) is 11.7 Å². The number of aromatic nitrogens is 3. The van der Waals surface area contributed by atoms with Gasteiger partial charge in [-0.15, -0.1) is 0 Å². The molecule has 8 heteroatoms. The van der Waals surface area contributed by atoms with E-state index in [1.165, 1.54) is 17.0 Å². The minimum atomic E-state index is -4.16. The molecule has 4 rings (SSSR count). The largest absolute Gasteiger partial charge is 0.401 e. The molecule has 4 nitrogen and oxygen atoms in total. The molecular weight excluding hydrogens is 396 g/mol. The summed E-state index contributed by atoms with van der Waals surface area (Å²) in [6, 6.07) is 9.99. The van der Waals surface area contributed by atoms with E-state index in [0.29, 0.717) is 37.2 Å². The van der Waals surface area contributed by atoms with Crippen molar-refractivity contribution >= 4 is 0 Å². The summed E-state index contributed by atoms with van der Waals surface area (Å²) in [6.45, 7) is 1.88. The lowest BCUT2D eigenvalue weighted by molar-refractivity contribution is -0.148. The highest BCUT2D eigenvalue weighted by Crippen LogP contribution is 2.31. The molecule has 0 atom stereocenters. The van der Waals surface area contributed by atoms with Crippen LogP contribution in [0.2, 0.25) is 0 Å². The highest BCUT2D eigenvalue weighted by atomic mass is 19.4. The highest BCUT2D eigenvalue weighted by molar-refractivity contribution is 5.66. The number of aromatic amines is 1. The van der Waals surface area contributed by atoms with Crippen LogP contribution in [-0.4, -0.2) is 45.7 Å². The third-order valence-electron chi connectivity index (χ3n) is 5.44. The number of pyridine rings is 1. The molecule has 1 aliphatic heterocycles. The Balaban J connectivity index is 1.47. The lowest BCUT2D eigenvalue weighted by atomic mass is 9.96. The summed E-state index contributed by atoms with van der Waals surface area (Å²) < 4.78 is 51.2. The average Bonchev–Trinajstić information content (AvgIpc) is 3.09. The summed E-state index contributed by atoms with van der Waals surface area (Å²) in [6.07, 6.45) is -1.18. The Bertz CT molecular complexity index is 1000. The Labute approximate surface area is 172 Å². The average molecular weight is 418 g/mol. The monoisotopic (exact) mass is 418 g/mol. The van der Waals surface area contributed by atoms with E-state index in [2.05, 4.69) is 9.97 Å². The fraction of sp³-hybridized carbons (Fsp3) is 0.364. The van der Waals surface area contributed by atoms with Crippen LogP contribution < -0.4 is 0 Å². The molecule has 0 spiro atoms. The van der Waals surface area contributed by atoms with Crippen LogP contribution in [0.5, 0.6) is 0 Å². The maximum absolute atomic E-state index is 13.4. The quantitative estimate of drug-likeness (QED) is 0.583. The third-order valence-corrected chi connectivity index (χ3v) is 5.44. The number of likely N-dealkylation sites (tertiary alicyclic amines) is 1. The number of nitrogens with one attached hydrogen (secondary N) is 1. The number of hydrogen-bond donors (Lipinski definition) is 1. The van der Waals surface area contributed by atoms with E-state index in [9.17, 15) is 17.6 Å². The van der Waals surface area contributed by atoms with Crippen LogP contribution in [0.4, 0.5) is 17.6 Å². The molecule has 1 aliphatic rings. The van der Waals surface area contributed by atoms with Crippen molar-refractivity contribution in [2.45, 2.75) is 31.9 Å². The van der Waals surface area contributed by atoms with Gasteiger partial charge < -0.3 is 4.98 Å². The number of imidazole rings is 1. The zero-order valence-electron chi connectivity index (χ0n) is 16.5. The Morgan fingerprint density at radius 2 is 1.87 bits per heavy atom. The fourth-order valence-corrected chi connectivity index (χ4v) is 3.93. The van der Waals surface area contributed by atoms with E-state index in [1.807, 2.05) is 19.1 Å². The predicted octanol–water partition coefficient (Wildman–Crippen LogP) is 5.33. The number of piperidine rings is 1. The summed E-state index contributed by atoms with van der Waals surface area (Å²) in [4.78, 5) is 13.9. The van der Waals surface area contributed by atoms with Gasteiger partial charge in [0.15, 0.2) is 0 Å². The predicted molar refractivity (Wildman–Crippen MR) is 106 cm³/mol. The van der Waals surface area contributed by atoms with Crippen molar-refractivity contribution in [3.63, 3.8) is 0 Å². The second-order valence-corrected chi connectivity index (χ2v) is 7.70. The van der Waals surface area contributed by atoms with Gasteiger partial charge in [0.05, 0.1) is 17.9 Å². The van der Waals surface area contributed by atoms with E-state index >= 15 is 0 Å². The van der Waals surface area contributed by atoms with Crippen molar-refractivity contribution in [2.75, 3.05) is 19.6 Å². The molecule has 1 aromatic carbocycles. The summed E-state index contributed by atoms with van der Waals surface area (Å²) in [5.41, 5.74) is 3.88. The molecule has 30 heavy (non-hydrogen) atoms.